The Bertz CT molecular complexity index is 613. The van der Waals surface area contributed by atoms with E-state index in [2.05, 4.69) is 21.0 Å². The number of nitrogens with zero attached hydrogens (tertiary/aromatic N) is 2. The van der Waals surface area contributed by atoms with Crippen molar-refractivity contribution in [2.75, 3.05) is 12.8 Å². The minimum absolute atomic E-state index is 0.0153. The number of nitrogens with two attached hydrogens (primary N) is 1. The highest BCUT2D eigenvalue weighted by Gasteiger charge is 2.22. The Morgan fingerprint density at radius 1 is 1.56 bits per heavy atom. The van der Waals surface area contributed by atoms with E-state index in [1.807, 2.05) is 0 Å². The Morgan fingerprint density at radius 2 is 2.22 bits per heavy atom. The van der Waals surface area contributed by atoms with Crippen LogP contribution in [0.4, 0.5) is 10.2 Å². The molecule has 0 aliphatic carbocycles. The lowest BCUT2D eigenvalue weighted by molar-refractivity contribution is 0.358. The molecule has 2 rings (SSSR count). The van der Waals surface area contributed by atoms with Crippen molar-refractivity contribution in [1.29, 1.82) is 0 Å². The third kappa shape index (κ3) is 1.80. The molecule has 0 saturated heterocycles. The van der Waals surface area contributed by atoms with Gasteiger partial charge in [-0.05, 0) is 22.0 Å². The first-order chi connectivity index (χ1) is 8.47. The molecule has 96 valence electrons. The third-order valence-electron chi connectivity index (χ3n) is 2.62. The second kappa shape index (κ2) is 4.49. The van der Waals surface area contributed by atoms with Crippen LogP contribution in [0.3, 0.4) is 0 Å². The van der Waals surface area contributed by atoms with E-state index in [-0.39, 0.29) is 5.75 Å². The molecule has 0 saturated carbocycles. The average molecular weight is 316 g/mol. The zero-order valence-electron chi connectivity index (χ0n) is 9.74. The number of phenols is 1. The summed E-state index contributed by atoms with van der Waals surface area (Å²) in [5.41, 5.74) is 6.88. The van der Waals surface area contributed by atoms with Gasteiger partial charge in [0.25, 0.3) is 0 Å². The van der Waals surface area contributed by atoms with E-state index < -0.39 is 11.6 Å². The lowest BCUT2D eigenvalue weighted by Crippen LogP contribution is -1.99. The summed E-state index contributed by atoms with van der Waals surface area (Å²) in [6.07, 6.45) is 1.52. The quantitative estimate of drug-likeness (QED) is 0.891. The van der Waals surface area contributed by atoms with Crippen LogP contribution in [0, 0.1) is 5.82 Å². The normalized spacial score (nSPS) is 10.7. The summed E-state index contributed by atoms with van der Waals surface area (Å²) in [6.45, 7) is 0. The smallest absolute Gasteiger partial charge is 0.195 e. The summed E-state index contributed by atoms with van der Waals surface area (Å²) in [5, 5.41) is 13.7. The molecule has 5 nitrogen and oxygen atoms in total. The molecular formula is C11H11BrFN3O2. The molecule has 0 bridgehead atoms. The first-order valence-corrected chi connectivity index (χ1v) is 5.79. The molecule has 0 aliphatic rings. The molecular weight excluding hydrogens is 305 g/mol. The van der Waals surface area contributed by atoms with Crippen LogP contribution in [-0.4, -0.2) is 22.0 Å². The number of aromatic hydroxyl groups is 1. The molecule has 2 aromatic rings. The molecule has 0 amide bonds. The number of benzene rings is 1. The van der Waals surface area contributed by atoms with E-state index in [0.717, 1.165) is 6.07 Å². The van der Waals surface area contributed by atoms with E-state index in [1.165, 1.54) is 18.0 Å². The van der Waals surface area contributed by atoms with Gasteiger partial charge in [0, 0.05) is 22.6 Å². The predicted octanol–water partition coefficient (Wildman–Crippen LogP) is 2.29. The molecule has 3 N–H and O–H groups in total. The number of hydrogen-bond donors (Lipinski definition) is 2. The van der Waals surface area contributed by atoms with Crippen molar-refractivity contribution in [1.82, 2.24) is 9.78 Å². The van der Waals surface area contributed by atoms with Crippen LogP contribution in [0.1, 0.15) is 0 Å². The molecule has 0 aliphatic heterocycles. The topological polar surface area (TPSA) is 73.3 Å². The lowest BCUT2D eigenvalue weighted by Gasteiger charge is -2.12. The summed E-state index contributed by atoms with van der Waals surface area (Å²) in [4.78, 5) is 0. The number of hydrogen-bond acceptors (Lipinski definition) is 4. The second-order valence-corrected chi connectivity index (χ2v) is 4.52. The van der Waals surface area contributed by atoms with E-state index >= 15 is 0 Å². The van der Waals surface area contributed by atoms with Crippen molar-refractivity contribution in [3.8, 4) is 22.6 Å². The van der Waals surface area contributed by atoms with E-state index in [0.29, 0.717) is 21.4 Å². The summed E-state index contributed by atoms with van der Waals surface area (Å²) in [6, 6.07) is 1.15. The van der Waals surface area contributed by atoms with Crippen molar-refractivity contribution < 1.29 is 14.2 Å². The highest BCUT2D eigenvalue weighted by Crippen LogP contribution is 2.45. The van der Waals surface area contributed by atoms with Crippen LogP contribution in [0.5, 0.6) is 11.5 Å². The van der Waals surface area contributed by atoms with Gasteiger partial charge < -0.3 is 15.6 Å². The van der Waals surface area contributed by atoms with E-state index in [1.54, 1.807) is 7.05 Å². The maximum absolute atomic E-state index is 13.4. The molecule has 0 spiro atoms. The maximum atomic E-state index is 13.4. The lowest BCUT2D eigenvalue weighted by atomic mass is 10.1. The van der Waals surface area contributed by atoms with Gasteiger partial charge in [0.2, 0.25) is 0 Å². The van der Waals surface area contributed by atoms with Gasteiger partial charge in [0.05, 0.1) is 13.3 Å². The summed E-state index contributed by atoms with van der Waals surface area (Å²) >= 11 is 3.23. The number of nitrogen functional groups attached to an aromatic ring is 1. The number of methoxy groups -OCH3 is 1. The van der Waals surface area contributed by atoms with Crippen LogP contribution in [0.15, 0.2) is 16.7 Å². The fourth-order valence-corrected chi connectivity index (χ4v) is 2.27. The Balaban J connectivity index is 2.78. The fraction of sp³-hybridized carbons (Fsp3) is 0.182. The van der Waals surface area contributed by atoms with Crippen molar-refractivity contribution in [2.24, 2.45) is 7.05 Å². The molecule has 0 atom stereocenters. The van der Waals surface area contributed by atoms with Crippen LogP contribution >= 0.6 is 15.9 Å². The Morgan fingerprint density at radius 3 is 2.72 bits per heavy atom. The van der Waals surface area contributed by atoms with Crippen LogP contribution < -0.4 is 10.5 Å². The summed E-state index contributed by atoms with van der Waals surface area (Å²) in [5.74, 6) is -0.925. The largest absolute Gasteiger partial charge is 0.502 e. The number of phenolic OH excluding ortho intramolecular Hbond substituents is 1. The molecule has 1 aromatic heterocycles. The van der Waals surface area contributed by atoms with Crippen LogP contribution in [-0.2, 0) is 7.05 Å². The summed E-state index contributed by atoms with van der Waals surface area (Å²) in [7, 11) is 3.03. The number of anilines is 1. The number of rotatable bonds is 2. The third-order valence-corrected chi connectivity index (χ3v) is 3.24. The SMILES string of the molecule is COc1c(O)c(F)cc(Br)c1-c1cnn(C)c1N. The first kappa shape index (κ1) is 12.7. The molecule has 1 aromatic carbocycles. The zero-order valence-corrected chi connectivity index (χ0v) is 11.3. The molecule has 7 heteroatoms. The van der Waals surface area contributed by atoms with Crippen LogP contribution in [0.25, 0.3) is 11.1 Å². The minimum Gasteiger partial charge on any atom is -0.502 e. The van der Waals surface area contributed by atoms with Crippen molar-refractivity contribution >= 4 is 21.7 Å². The van der Waals surface area contributed by atoms with Crippen molar-refractivity contribution in [2.45, 2.75) is 0 Å². The zero-order chi connectivity index (χ0) is 13.4. The van der Waals surface area contributed by atoms with Crippen molar-refractivity contribution in [3.63, 3.8) is 0 Å². The number of aromatic nitrogens is 2. The van der Waals surface area contributed by atoms with Crippen LogP contribution in [0.2, 0.25) is 0 Å². The predicted molar refractivity (Wildman–Crippen MR) is 68.9 cm³/mol. The standard InChI is InChI=1S/C11H11BrFN3O2/c1-16-11(14)5(4-15-16)8-6(12)3-7(13)9(17)10(8)18-2/h3-4,17H,14H2,1-2H3. The maximum Gasteiger partial charge on any atom is 0.195 e. The Labute approximate surface area is 111 Å². The average Bonchev–Trinajstić information content (AvgIpc) is 2.65. The van der Waals surface area contributed by atoms with Gasteiger partial charge in [-0.2, -0.15) is 5.10 Å². The number of aryl methyl sites for hydroxylation is 1. The highest BCUT2D eigenvalue weighted by atomic mass is 79.9. The first-order valence-electron chi connectivity index (χ1n) is 5.00. The Hall–Kier alpha value is -1.76. The summed E-state index contributed by atoms with van der Waals surface area (Å²) < 4.78 is 20.4. The molecule has 0 unspecified atom stereocenters. The van der Waals surface area contributed by atoms with Gasteiger partial charge >= 0.3 is 0 Å². The monoisotopic (exact) mass is 315 g/mol. The fourth-order valence-electron chi connectivity index (χ4n) is 1.68. The van der Waals surface area contributed by atoms with Crippen molar-refractivity contribution in [3.05, 3.63) is 22.6 Å². The van der Waals surface area contributed by atoms with E-state index in [4.69, 9.17) is 10.5 Å². The Kier molecular flexibility index (Phi) is 3.16. The number of ether oxygens (including phenoxy) is 1. The molecule has 0 fully saturated rings. The van der Waals surface area contributed by atoms with Gasteiger partial charge in [-0.1, -0.05) is 0 Å². The van der Waals surface area contributed by atoms with Gasteiger partial charge in [0.15, 0.2) is 17.3 Å². The van der Waals surface area contributed by atoms with Gasteiger partial charge in [-0.15, -0.1) is 0 Å². The minimum atomic E-state index is -0.773. The highest BCUT2D eigenvalue weighted by molar-refractivity contribution is 9.10. The van der Waals surface area contributed by atoms with Gasteiger partial charge in [-0.3, -0.25) is 4.68 Å². The second-order valence-electron chi connectivity index (χ2n) is 3.66. The molecule has 0 radical (unpaired) electrons. The van der Waals surface area contributed by atoms with Gasteiger partial charge in [-0.25, -0.2) is 4.39 Å². The number of halogens is 2. The van der Waals surface area contributed by atoms with E-state index in [9.17, 15) is 9.50 Å². The molecule has 1 heterocycles. The van der Waals surface area contributed by atoms with Gasteiger partial charge in [0.1, 0.15) is 5.82 Å². The molecule has 18 heavy (non-hydrogen) atoms.